The first kappa shape index (κ1) is 18.1. The number of hydrogen-bond acceptors (Lipinski definition) is 4. The summed E-state index contributed by atoms with van der Waals surface area (Å²) in [7, 11) is -3.93. The van der Waals surface area contributed by atoms with Gasteiger partial charge in [-0.2, -0.15) is 4.72 Å². The SMILES string of the molecule is CCN(CC)C(=O)c1ccc(S(=O)(=O)N[C@@H](C)C(=O)O)cc1. The molecule has 22 heavy (non-hydrogen) atoms. The van der Waals surface area contributed by atoms with Crippen LogP contribution in [0.1, 0.15) is 31.1 Å². The van der Waals surface area contributed by atoms with Gasteiger partial charge in [0.1, 0.15) is 6.04 Å². The van der Waals surface area contributed by atoms with Crippen molar-refractivity contribution < 1.29 is 23.1 Å². The molecule has 0 heterocycles. The van der Waals surface area contributed by atoms with Gasteiger partial charge in [0.2, 0.25) is 10.0 Å². The molecule has 0 saturated heterocycles. The number of carbonyl (C=O) groups is 2. The number of carboxylic acids is 1. The molecule has 0 fully saturated rings. The first-order chi connectivity index (χ1) is 10.2. The lowest BCUT2D eigenvalue weighted by atomic mass is 10.2. The van der Waals surface area contributed by atoms with Crippen molar-refractivity contribution in [2.75, 3.05) is 13.1 Å². The number of hydrogen-bond donors (Lipinski definition) is 2. The molecule has 1 rings (SSSR count). The number of benzene rings is 1. The van der Waals surface area contributed by atoms with Gasteiger partial charge in [-0.15, -0.1) is 0 Å². The van der Waals surface area contributed by atoms with E-state index in [0.717, 1.165) is 0 Å². The van der Waals surface area contributed by atoms with Gasteiger partial charge in [-0.3, -0.25) is 9.59 Å². The van der Waals surface area contributed by atoms with Gasteiger partial charge >= 0.3 is 5.97 Å². The number of nitrogens with one attached hydrogen (secondary N) is 1. The van der Waals surface area contributed by atoms with E-state index >= 15 is 0 Å². The third-order valence-corrected chi connectivity index (χ3v) is 4.72. The normalized spacial score (nSPS) is 12.7. The molecule has 8 heteroatoms. The van der Waals surface area contributed by atoms with Crippen LogP contribution in [0.25, 0.3) is 0 Å². The predicted molar refractivity (Wildman–Crippen MR) is 81.1 cm³/mol. The average molecular weight is 328 g/mol. The highest BCUT2D eigenvalue weighted by atomic mass is 32.2. The molecule has 1 aromatic rings. The van der Waals surface area contributed by atoms with Crippen LogP contribution in [0, 0.1) is 0 Å². The molecule has 1 amide bonds. The molecule has 0 aliphatic heterocycles. The number of carboxylic acid groups (broad SMARTS) is 1. The summed E-state index contributed by atoms with van der Waals surface area (Å²) in [5.74, 6) is -1.45. The summed E-state index contributed by atoms with van der Waals surface area (Å²) in [6.07, 6.45) is 0. The molecule has 0 spiro atoms. The van der Waals surface area contributed by atoms with Gasteiger partial charge in [0.15, 0.2) is 0 Å². The maximum Gasteiger partial charge on any atom is 0.321 e. The molecule has 0 unspecified atom stereocenters. The minimum atomic E-state index is -3.93. The van der Waals surface area contributed by atoms with Crippen LogP contribution in [0.5, 0.6) is 0 Å². The van der Waals surface area contributed by atoms with Crippen LogP contribution >= 0.6 is 0 Å². The van der Waals surface area contributed by atoms with Crippen molar-refractivity contribution in [3.8, 4) is 0 Å². The zero-order chi connectivity index (χ0) is 16.9. The lowest BCUT2D eigenvalue weighted by Crippen LogP contribution is -2.38. The second-order valence-corrected chi connectivity index (χ2v) is 6.40. The van der Waals surface area contributed by atoms with Gasteiger partial charge in [-0.05, 0) is 45.0 Å². The Hall–Kier alpha value is -1.93. The van der Waals surface area contributed by atoms with Crippen LogP contribution in [-0.4, -0.2) is 49.4 Å². The van der Waals surface area contributed by atoms with E-state index in [1.54, 1.807) is 4.90 Å². The molecule has 0 saturated carbocycles. The Kier molecular flexibility index (Phi) is 6.07. The van der Waals surface area contributed by atoms with E-state index in [2.05, 4.69) is 0 Å². The molecule has 122 valence electrons. The largest absolute Gasteiger partial charge is 0.480 e. The third kappa shape index (κ3) is 4.28. The third-order valence-electron chi connectivity index (χ3n) is 3.16. The van der Waals surface area contributed by atoms with Gasteiger partial charge < -0.3 is 10.0 Å². The van der Waals surface area contributed by atoms with E-state index in [1.165, 1.54) is 31.2 Å². The molecule has 1 atom stereocenters. The zero-order valence-corrected chi connectivity index (χ0v) is 13.6. The molecule has 0 aromatic heterocycles. The van der Waals surface area contributed by atoms with Crippen molar-refractivity contribution in [1.29, 1.82) is 0 Å². The first-order valence-corrected chi connectivity index (χ1v) is 8.35. The van der Waals surface area contributed by atoms with Gasteiger partial charge in [0.25, 0.3) is 5.91 Å². The summed E-state index contributed by atoms with van der Waals surface area (Å²) in [6, 6.07) is 4.17. The maximum atomic E-state index is 12.1. The number of rotatable bonds is 7. The van der Waals surface area contributed by atoms with Gasteiger partial charge in [0.05, 0.1) is 4.90 Å². The monoisotopic (exact) mass is 328 g/mol. The Morgan fingerprint density at radius 2 is 1.68 bits per heavy atom. The summed E-state index contributed by atoms with van der Waals surface area (Å²) in [6.45, 7) is 6.08. The van der Waals surface area contributed by atoms with Crippen LogP contribution in [-0.2, 0) is 14.8 Å². The summed E-state index contributed by atoms with van der Waals surface area (Å²) in [5.41, 5.74) is 0.383. The molecule has 0 aliphatic rings. The molecule has 7 nitrogen and oxygen atoms in total. The number of sulfonamides is 1. The van der Waals surface area contributed by atoms with Crippen LogP contribution in [0.3, 0.4) is 0 Å². The highest BCUT2D eigenvalue weighted by Gasteiger charge is 2.22. The Morgan fingerprint density at radius 1 is 1.18 bits per heavy atom. The lowest BCUT2D eigenvalue weighted by molar-refractivity contribution is -0.138. The van der Waals surface area contributed by atoms with Crippen LogP contribution in [0.4, 0.5) is 0 Å². The van der Waals surface area contributed by atoms with Crippen LogP contribution in [0.2, 0.25) is 0 Å². The highest BCUT2D eigenvalue weighted by molar-refractivity contribution is 7.89. The van der Waals surface area contributed by atoms with E-state index in [4.69, 9.17) is 5.11 Å². The second kappa shape index (κ2) is 7.37. The van der Waals surface area contributed by atoms with Gasteiger partial charge in [-0.1, -0.05) is 0 Å². The maximum absolute atomic E-state index is 12.1. The first-order valence-electron chi connectivity index (χ1n) is 6.87. The summed E-state index contributed by atoms with van der Waals surface area (Å²) in [4.78, 5) is 24.4. The summed E-state index contributed by atoms with van der Waals surface area (Å²) < 4.78 is 26.1. The zero-order valence-electron chi connectivity index (χ0n) is 12.7. The summed E-state index contributed by atoms with van der Waals surface area (Å²) >= 11 is 0. The van der Waals surface area contributed by atoms with E-state index in [0.29, 0.717) is 18.7 Å². The number of carbonyl (C=O) groups excluding carboxylic acids is 1. The van der Waals surface area contributed by atoms with E-state index in [-0.39, 0.29) is 10.8 Å². The molecule has 1 aromatic carbocycles. The fourth-order valence-corrected chi connectivity index (χ4v) is 3.02. The fraction of sp³-hybridized carbons (Fsp3) is 0.429. The lowest BCUT2D eigenvalue weighted by Gasteiger charge is -2.18. The number of nitrogens with zero attached hydrogens (tertiary/aromatic N) is 1. The Labute approximate surface area is 130 Å². The number of amides is 1. The van der Waals surface area contributed by atoms with Crippen LogP contribution < -0.4 is 4.72 Å². The topological polar surface area (TPSA) is 104 Å². The minimum absolute atomic E-state index is 0.0864. The quantitative estimate of drug-likeness (QED) is 0.774. The molecule has 0 aliphatic carbocycles. The van der Waals surface area contributed by atoms with E-state index in [1.807, 2.05) is 18.6 Å². The fourth-order valence-electron chi connectivity index (χ4n) is 1.82. The molecular weight excluding hydrogens is 308 g/mol. The van der Waals surface area contributed by atoms with Crippen molar-refractivity contribution in [1.82, 2.24) is 9.62 Å². The second-order valence-electron chi connectivity index (χ2n) is 4.68. The standard InChI is InChI=1S/C14H20N2O5S/c1-4-16(5-2)13(17)11-6-8-12(9-7-11)22(20,21)15-10(3)14(18)19/h6-10,15H,4-5H2,1-3H3,(H,18,19)/t10-/m0/s1. The summed E-state index contributed by atoms with van der Waals surface area (Å²) in [5, 5.41) is 8.75. The van der Waals surface area contributed by atoms with Crippen molar-refractivity contribution >= 4 is 21.9 Å². The Bertz CT molecular complexity index is 636. The molecule has 0 radical (unpaired) electrons. The molecular formula is C14H20N2O5S. The predicted octanol–water partition coefficient (Wildman–Crippen LogP) is 0.920. The van der Waals surface area contributed by atoms with Crippen molar-refractivity contribution in [2.45, 2.75) is 31.7 Å². The average Bonchev–Trinajstić information content (AvgIpc) is 2.48. The smallest absolute Gasteiger partial charge is 0.321 e. The van der Waals surface area contributed by atoms with Crippen LogP contribution in [0.15, 0.2) is 29.2 Å². The Morgan fingerprint density at radius 3 is 2.09 bits per heavy atom. The molecule has 2 N–H and O–H groups in total. The van der Waals surface area contributed by atoms with Crippen molar-refractivity contribution in [3.63, 3.8) is 0 Å². The minimum Gasteiger partial charge on any atom is -0.480 e. The van der Waals surface area contributed by atoms with Gasteiger partial charge in [0, 0.05) is 18.7 Å². The van der Waals surface area contributed by atoms with E-state index in [9.17, 15) is 18.0 Å². The van der Waals surface area contributed by atoms with E-state index < -0.39 is 22.0 Å². The number of aliphatic carboxylic acids is 1. The Balaban J connectivity index is 2.97. The molecule has 0 bridgehead atoms. The van der Waals surface area contributed by atoms with Crippen molar-refractivity contribution in [3.05, 3.63) is 29.8 Å². The van der Waals surface area contributed by atoms with Crippen molar-refractivity contribution in [2.24, 2.45) is 0 Å². The van der Waals surface area contributed by atoms with Gasteiger partial charge in [-0.25, -0.2) is 8.42 Å². The highest BCUT2D eigenvalue weighted by Crippen LogP contribution is 2.13.